The molecule has 0 fully saturated rings. The van der Waals surface area contributed by atoms with Crippen molar-refractivity contribution in [2.75, 3.05) is 19.5 Å². The quantitative estimate of drug-likeness (QED) is 0.710. The van der Waals surface area contributed by atoms with Gasteiger partial charge in [-0.05, 0) is 48.9 Å². The summed E-state index contributed by atoms with van der Waals surface area (Å²) in [4.78, 5) is 12.0. The van der Waals surface area contributed by atoms with E-state index >= 15 is 0 Å². The number of nitrogens with one attached hydrogen (secondary N) is 1. The van der Waals surface area contributed by atoms with Gasteiger partial charge < -0.3 is 14.8 Å². The minimum atomic E-state index is -0.0641. The Morgan fingerprint density at radius 1 is 1.12 bits per heavy atom. The molecular weight excluding hydrogens is 358 g/mol. The average molecular weight is 380 g/mol. The molecule has 6 heteroatoms. The molecule has 0 aliphatic carbocycles. The lowest BCUT2D eigenvalue weighted by Crippen LogP contribution is -2.37. The summed E-state index contributed by atoms with van der Waals surface area (Å²) in [7, 11) is 1.62. The van der Waals surface area contributed by atoms with E-state index in [-0.39, 0.29) is 11.9 Å². The molecule has 0 aliphatic heterocycles. The Hall–Kier alpha value is -1.85. The van der Waals surface area contributed by atoms with Crippen LogP contribution in [-0.4, -0.2) is 31.4 Å². The largest absolute Gasteiger partial charge is 0.497 e. The van der Waals surface area contributed by atoms with Gasteiger partial charge in [-0.1, -0.05) is 23.7 Å². The van der Waals surface area contributed by atoms with E-state index in [0.29, 0.717) is 12.4 Å². The van der Waals surface area contributed by atoms with Crippen LogP contribution in [-0.2, 0) is 10.5 Å². The van der Waals surface area contributed by atoms with E-state index in [1.807, 2.05) is 55.5 Å². The van der Waals surface area contributed by atoms with Gasteiger partial charge in [-0.15, -0.1) is 11.8 Å². The van der Waals surface area contributed by atoms with Crippen LogP contribution in [0.1, 0.15) is 12.5 Å². The smallest absolute Gasteiger partial charge is 0.230 e. The number of hydrogen-bond donors (Lipinski definition) is 1. The lowest BCUT2D eigenvalue weighted by molar-refractivity contribution is -0.119. The van der Waals surface area contributed by atoms with Gasteiger partial charge >= 0.3 is 0 Å². The van der Waals surface area contributed by atoms with Crippen LogP contribution < -0.4 is 14.8 Å². The standard InChI is InChI=1S/C19H22ClNO3S/c1-14(11-24-18-9-7-17(23-2)8-10-18)21-19(22)13-25-12-15-3-5-16(20)6-4-15/h3-10,14H,11-13H2,1-2H3,(H,21,22)/t14-/m1/s1. The number of hydrogen-bond acceptors (Lipinski definition) is 4. The Balaban J connectivity index is 1.64. The molecule has 2 aromatic rings. The lowest BCUT2D eigenvalue weighted by atomic mass is 10.2. The molecule has 134 valence electrons. The number of carbonyl (C=O) groups is 1. The van der Waals surface area contributed by atoms with E-state index < -0.39 is 0 Å². The van der Waals surface area contributed by atoms with Crippen molar-refractivity contribution in [3.05, 3.63) is 59.1 Å². The predicted molar refractivity (Wildman–Crippen MR) is 104 cm³/mol. The summed E-state index contributed by atoms with van der Waals surface area (Å²) in [5.74, 6) is 2.73. The van der Waals surface area contributed by atoms with Gasteiger partial charge in [-0.3, -0.25) is 4.79 Å². The molecular formula is C19H22ClNO3S. The van der Waals surface area contributed by atoms with E-state index in [1.54, 1.807) is 18.9 Å². The number of halogens is 1. The zero-order valence-electron chi connectivity index (χ0n) is 14.3. The summed E-state index contributed by atoms with van der Waals surface area (Å²) in [5.41, 5.74) is 1.15. The second-order valence-electron chi connectivity index (χ2n) is 5.57. The first-order valence-electron chi connectivity index (χ1n) is 7.95. The molecule has 0 bridgehead atoms. The summed E-state index contributed by atoms with van der Waals surface area (Å²) < 4.78 is 10.8. The van der Waals surface area contributed by atoms with Crippen molar-refractivity contribution < 1.29 is 14.3 Å². The second-order valence-corrected chi connectivity index (χ2v) is 7.00. The van der Waals surface area contributed by atoms with Gasteiger partial charge in [0.1, 0.15) is 18.1 Å². The third kappa shape index (κ3) is 7.28. The van der Waals surface area contributed by atoms with Crippen LogP contribution in [0.2, 0.25) is 5.02 Å². The summed E-state index contributed by atoms with van der Waals surface area (Å²) in [5, 5.41) is 3.66. The fraction of sp³-hybridized carbons (Fsp3) is 0.316. The molecule has 0 saturated carbocycles. The van der Waals surface area contributed by atoms with E-state index in [9.17, 15) is 4.79 Å². The minimum absolute atomic E-state index is 0.00444. The van der Waals surface area contributed by atoms with Crippen LogP contribution in [0.25, 0.3) is 0 Å². The Morgan fingerprint density at radius 2 is 1.76 bits per heavy atom. The Kier molecular flexibility index (Phi) is 7.95. The Bertz CT molecular complexity index is 661. The normalized spacial score (nSPS) is 11.6. The maximum absolute atomic E-state index is 12.0. The van der Waals surface area contributed by atoms with Crippen LogP contribution in [0.15, 0.2) is 48.5 Å². The summed E-state index contributed by atoms with van der Waals surface area (Å²) in [6.45, 7) is 2.34. The van der Waals surface area contributed by atoms with Gasteiger partial charge in [0.05, 0.1) is 18.9 Å². The maximum Gasteiger partial charge on any atom is 0.230 e. The van der Waals surface area contributed by atoms with Crippen molar-refractivity contribution in [3.63, 3.8) is 0 Å². The molecule has 0 spiro atoms. The molecule has 1 amide bonds. The average Bonchev–Trinajstić information content (AvgIpc) is 2.62. The molecule has 25 heavy (non-hydrogen) atoms. The van der Waals surface area contributed by atoms with Crippen molar-refractivity contribution in [3.8, 4) is 11.5 Å². The highest BCUT2D eigenvalue weighted by atomic mass is 35.5. The zero-order chi connectivity index (χ0) is 18.1. The van der Waals surface area contributed by atoms with Crippen molar-refractivity contribution in [1.29, 1.82) is 0 Å². The number of rotatable bonds is 9. The van der Waals surface area contributed by atoms with Crippen LogP contribution in [0.5, 0.6) is 11.5 Å². The van der Waals surface area contributed by atoms with Gasteiger partial charge in [-0.2, -0.15) is 0 Å². The lowest BCUT2D eigenvalue weighted by Gasteiger charge is -2.15. The predicted octanol–water partition coefficient (Wildman–Crippen LogP) is 4.17. The van der Waals surface area contributed by atoms with Gasteiger partial charge in [0, 0.05) is 10.8 Å². The maximum atomic E-state index is 12.0. The van der Waals surface area contributed by atoms with Crippen molar-refractivity contribution in [2.45, 2.75) is 18.7 Å². The van der Waals surface area contributed by atoms with Crippen LogP contribution in [0.4, 0.5) is 0 Å². The molecule has 0 aromatic heterocycles. The molecule has 0 aliphatic rings. The topological polar surface area (TPSA) is 47.6 Å². The van der Waals surface area contributed by atoms with Crippen molar-refractivity contribution in [1.82, 2.24) is 5.32 Å². The first-order valence-corrected chi connectivity index (χ1v) is 9.48. The third-order valence-electron chi connectivity index (χ3n) is 3.38. The van der Waals surface area contributed by atoms with E-state index in [0.717, 1.165) is 27.8 Å². The first kappa shape index (κ1) is 19.5. The molecule has 2 aromatic carbocycles. The monoisotopic (exact) mass is 379 g/mol. The highest BCUT2D eigenvalue weighted by molar-refractivity contribution is 7.99. The van der Waals surface area contributed by atoms with E-state index in [1.165, 1.54) is 0 Å². The molecule has 1 N–H and O–H groups in total. The fourth-order valence-corrected chi connectivity index (χ4v) is 3.02. The van der Waals surface area contributed by atoms with Gasteiger partial charge in [0.2, 0.25) is 5.91 Å². The highest BCUT2D eigenvalue weighted by Crippen LogP contribution is 2.17. The third-order valence-corrected chi connectivity index (χ3v) is 4.64. The summed E-state index contributed by atoms with van der Waals surface area (Å²) in [6.07, 6.45) is 0. The van der Waals surface area contributed by atoms with Crippen molar-refractivity contribution >= 4 is 29.3 Å². The molecule has 2 rings (SSSR count). The molecule has 0 heterocycles. The molecule has 0 radical (unpaired) electrons. The van der Waals surface area contributed by atoms with Crippen LogP contribution in [0, 0.1) is 0 Å². The fourth-order valence-electron chi connectivity index (χ4n) is 2.09. The van der Waals surface area contributed by atoms with E-state index in [4.69, 9.17) is 21.1 Å². The second kappa shape index (κ2) is 10.2. The number of ether oxygens (including phenoxy) is 2. The summed E-state index contributed by atoms with van der Waals surface area (Å²) >= 11 is 7.42. The number of methoxy groups -OCH3 is 1. The Morgan fingerprint density at radius 3 is 2.40 bits per heavy atom. The van der Waals surface area contributed by atoms with Gasteiger partial charge in [0.25, 0.3) is 0 Å². The zero-order valence-corrected chi connectivity index (χ0v) is 15.9. The molecule has 0 saturated heterocycles. The van der Waals surface area contributed by atoms with Gasteiger partial charge in [-0.25, -0.2) is 0 Å². The first-order chi connectivity index (χ1) is 12.1. The molecule has 0 unspecified atom stereocenters. The highest BCUT2D eigenvalue weighted by Gasteiger charge is 2.08. The number of benzene rings is 2. The van der Waals surface area contributed by atoms with Gasteiger partial charge in [0.15, 0.2) is 0 Å². The Labute approximate surface area is 157 Å². The number of thioether (sulfide) groups is 1. The summed E-state index contributed by atoms with van der Waals surface area (Å²) in [6, 6.07) is 15.0. The number of carbonyl (C=O) groups excluding carboxylic acids is 1. The molecule has 4 nitrogen and oxygen atoms in total. The van der Waals surface area contributed by atoms with E-state index in [2.05, 4.69) is 5.32 Å². The van der Waals surface area contributed by atoms with Crippen LogP contribution >= 0.6 is 23.4 Å². The molecule has 1 atom stereocenters. The minimum Gasteiger partial charge on any atom is -0.497 e. The SMILES string of the molecule is COc1ccc(OC[C@@H](C)NC(=O)CSCc2ccc(Cl)cc2)cc1. The van der Waals surface area contributed by atoms with Crippen LogP contribution in [0.3, 0.4) is 0 Å². The number of amides is 1. The van der Waals surface area contributed by atoms with Crippen molar-refractivity contribution in [2.24, 2.45) is 0 Å².